The first-order valence-electron chi connectivity index (χ1n) is 9.26. The van der Waals surface area contributed by atoms with Crippen LogP contribution in [0.1, 0.15) is 33.3 Å². The summed E-state index contributed by atoms with van der Waals surface area (Å²) in [6.45, 7) is 5.93. The minimum Gasteiger partial charge on any atom is -0.467 e. The van der Waals surface area contributed by atoms with E-state index < -0.39 is 68.1 Å². The minimum atomic E-state index is -2.15. The molecule has 2 saturated heterocycles. The second kappa shape index (κ2) is 6.80. The predicted octanol–water partition coefficient (Wildman–Crippen LogP) is 1.49. The van der Waals surface area contributed by atoms with E-state index in [0.29, 0.717) is 6.07 Å². The molecule has 0 unspecified atom stereocenters. The van der Waals surface area contributed by atoms with E-state index in [1.165, 1.54) is 6.92 Å². The maximum Gasteiger partial charge on any atom is 0.342 e. The van der Waals surface area contributed by atoms with E-state index in [-0.39, 0.29) is 5.56 Å². The lowest BCUT2D eigenvalue weighted by Gasteiger charge is -2.35. The number of ketones is 1. The van der Waals surface area contributed by atoms with Crippen LogP contribution in [0.4, 0.5) is 11.4 Å². The normalized spacial score (nSPS) is 27.9. The lowest BCUT2D eigenvalue weighted by atomic mass is 9.74. The van der Waals surface area contributed by atoms with Crippen LogP contribution in [0, 0.1) is 25.6 Å². The number of fused-ring (bicyclic) bond motifs is 1. The fraction of sp³-hybridized carbons (Fsp3) is 0.526. The van der Waals surface area contributed by atoms with Crippen molar-refractivity contribution in [3.63, 3.8) is 0 Å². The molecule has 2 heterocycles. The number of nitro groups is 2. The molecule has 3 rings (SSSR count). The van der Waals surface area contributed by atoms with Gasteiger partial charge in [0.25, 0.3) is 11.4 Å². The second-order valence-corrected chi connectivity index (χ2v) is 8.73. The number of methoxy groups -OCH3 is 1. The Morgan fingerprint density at radius 2 is 1.84 bits per heavy atom. The predicted molar refractivity (Wildman–Crippen MR) is 103 cm³/mol. The molecule has 1 aromatic rings. The van der Waals surface area contributed by atoms with Gasteiger partial charge in [0.15, 0.2) is 5.78 Å². The quantitative estimate of drug-likeness (QED) is 0.295. The third kappa shape index (κ3) is 2.81. The van der Waals surface area contributed by atoms with Crippen LogP contribution in [-0.2, 0) is 29.3 Å². The average molecular weight is 435 g/mol. The molecule has 0 radical (unpaired) electrons. The number of esters is 1. The van der Waals surface area contributed by atoms with Crippen LogP contribution >= 0.6 is 0 Å². The molecule has 0 spiro atoms. The highest BCUT2D eigenvalue weighted by atomic mass is 16.6. The third-order valence-electron chi connectivity index (χ3n) is 5.76. The number of Topliss-reactive ketones (excluding diaryl/α,β-unsaturated/α-hetero) is 1. The molecule has 0 aliphatic carbocycles. The van der Waals surface area contributed by atoms with Gasteiger partial charge in [0.2, 0.25) is 11.4 Å². The van der Waals surface area contributed by atoms with Crippen LogP contribution in [-0.4, -0.2) is 57.9 Å². The standard InChI is InChI=1S/C19H21N3O9/c1-17(2,3)15-20-14(24)18(4,13(23)19(20,9-31-15)16(25)30-5)11-7-6-10(21(26)27)8-12(11)22(28)29/h6-8,15H,9H2,1-5H3/t15-,18-,19-/m1/s1. The van der Waals surface area contributed by atoms with Crippen molar-refractivity contribution in [2.24, 2.45) is 5.41 Å². The van der Waals surface area contributed by atoms with Crippen molar-refractivity contribution in [1.29, 1.82) is 0 Å². The number of hydrogen-bond acceptors (Lipinski definition) is 9. The molecule has 0 N–H and O–H groups in total. The molecule has 1 amide bonds. The van der Waals surface area contributed by atoms with Gasteiger partial charge >= 0.3 is 5.97 Å². The molecule has 12 heteroatoms. The van der Waals surface area contributed by atoms with Gasteiger partial charge in [0.05, 0.1) is 35.2 Å². The van der Waals surface area contributed by atoms with Gasteiger partial charge < -0.3 is 9.47 Å². The monoisotopic (exact) mass is 435 g/mol. The lowest BCUT2D eigenvalue weighted by Crippen LogP contribution is -2.58. The van der Waals surface area contributed by atoms with Crippen molar-refractivity contribution in [3.8, 4) is 0 Å². The summed E-state index contributed by atoms with van der Waals surface area (Å²) < 4.78 is 10.5. The summed E-state index contributed by atoms with van der Waals surface area (Å²) >= 11 is 0. The second-order valence-electron chi connectivity index (χ2n) is 8.73. The molecular weight excluding hydrogens is 414 g/mol. The molecule has 0 aromatic heterocycles. The summed E-state index contributed by atoms with van der Waals surface area (Å²) in [6, 6.07) is 2.67. The Kier molecular flexibility index (Phi) is 4.89. The van der Waals surface area contributed by atoms with Crippen LogP contribution in [0.3, 0.4) is 0 Å². The van der Waals surface area contributed by atoms with E-state index in [1.807, 2.05) is 0 Å². The van der Waals surface area contributed by atoms with Crippen molar-refractivity contribution in [3.05, 3.63) is 44.0 Å². The van der Waals surface area contributed by atoms with E-state index >= 15 is 0 Å². The van der Waals surface area contributed by atoms with Gasteiger partial charge in [0.1, 0.15) is 11.6 Å². The van der Waals surface area contributed by atoms with Crippen molar-refractivity contribution in [1.82, 2.24) is 4.90 Å². The zero-order chi connectivity index (χ0) is 23.5. The lowest BCUT2D eigenvalue weighted by molar-refractivity contribution is -0.394. The van der Waals surface area contributed by atoms with E-state index in [1.54, 1.807) is 20.8 Å². The average Bonchev–Trinajstić information content (AvgIpc) is 3.18. The summed E-state index contributed by atoms with van der Waals surface area (Å²) in [5.41, 5.74) is -6.67. The number of non-ortho nitro benzene ring substituents is 1. The topological polar surface area (TPSA) is 159 Å². The number of carbonyl (C=O) groups excluding carboxylic acids is 3. The molecule has 12 nitrogen and oxygen atoms in total. The Hall–Kier alpha value is -3.41. The van der Waals surface area contributed by atoms with Crippen molar-refractivity contribution in [2.45, 2.75) is 44.9 Å². The third-order valence-corrected chi connectivity index (χ3v) is 5.76. The molecule has 1 aromatic carbocycles. The van der Waals surface area contributed by atoms with E-state index in [4.69, 9.17) is 9.47 Å². The summed E-state index contributed by atoms with van der Waals surface area (Å²) in [4.78, 5) is 62.2. The fourth-order valence-electron chi connectivity index (χ4n) is 4.25. The number of carbonyl (C=O) groups is 3. The molecule has 2 fully saturated rings. The molecular formula is C19H21N3O9. The van der Waals surface area contributed by atoms with E-state index in [2.05, 4.69) is 0 Å². The highest BCUT2D eigenvalue weighted by molar-refractivity contribution is 6.29. The summed E-state index contributed by atoms with van der Waals surface area (Å²) in [6.07, 6.45) is -0.984. The Balaban J connectivity index is 2.30. The van der Waals surface area contributed by atoms with Gasteiger partial charge in [-0.1, -0.05) is 20.8 Å². The maximum absolute atomic E-state index is 13.7. The van der Waals surface area contributed by atoms with Gasteiger partial charge in [-0.15, -0.1) is 0 Å². The Labute approximate surface area is 176 Å². The van der Waals surface area contributed by atoms with Gasteiger partial charge in [-0.25, -0.2) is 4.79 Å². The zero-order valence-electron chi connectivity index (χ0n) is 17.5. The molecule has 2 aliphatic heterocycles. The highest BCUT2D eigenvalue weighted by Crippen LogP contribution is 2.51. The fourth-order valence-corrected chi connectivity index (χ4v) is 4.25. The van der Waals surface area contributed by atoms with Gasteiger partial charge in [-0.2, -0.15) is 0 Å². The van der Waals surface area contributed by atoms with E-state index in [9.17, 15) is 34.6 Å². The van der Waals surface area contributed by atoms with Crippen molar-refractivity contribution in [2.75, 3.05) is 13.7 Å². The molecule has 0 saturated carbocycles. The highest BCUT2D eigenvalue weighted by Gasteiger charge is 2.75. The largest absolute Gasteiger partial charge is 0.467 e. The number of hydrogen-bond donors (Lipinski definition) is 0. The van der Waals surface area contributed by atoms with Crippen LogP contribution in [0.2, 0.25) is 0 Å². The van der Waals surface area contributed by atoms with Crippen LogP contribution in [0.5, 0.6) is 0 Å². The number of nitrogens with zero attached hydrogens (tertiary/aromatic N) is 3. The van der Waals surface area contributed by atoms with Gasteiger partial charge in [0, 0.05) is 11.5 Å². The maximum atomic E-state index is 13.7. The number of benzene rings is 1. The summed E-state index contributed by atoms with van der Waals surface area (Å²) in [5, 5.41) is 22.8. The number of ether oxygens (including phenoxy) is 2. The summed E-state index contributed by atoms with van der Waals surface area (Å²) in [5.74, 6) is -2.84. The minimum absolute atomic E-state index is 0.344. The van der Waals surface area contributed by atoms with Gasteiger partial charge in [-0.05, 0) is 13.0 Å². The van der Waals surface area contributed by atoms with Crippen molar-refractivity contribution < 1.29 is 33.7 Å². The van der Waals surface area contributed by atoms with E-state index in [0.717, 1.165) is 24.1 Å². The first-order valence-corrected chi connectivity index (χ1v) is 9.26. The van der Waals surface area contributed by atoms with Gasteiger partial charge in [-0.3, -0.25) is 34.7 Å². The Morgan fingerprint density at radius 3 is 2.32 bits per heavy atom. The van der Waals surface area contributed by atoms with Crippen LogP contribution < -0.4 is 0 Å². The smallest absolute Gasteiger partial charge is 0.342 e. The first kappa shape index (κ1) is 22.3. The van der Waals surface area contributed by atoms with Crippen LogP contribution in [0.15, 0.2) is 18.2 Å². The molecule has 31 heavy (non-hydrogen) atoms. The number of rotatable bonds is 4. The number of nitro benzene ring substituents is 2. The first-order chi connectivity index (χ1) is 14.2. The van der Waals surface area contributed by atoms with Crippen LogP contribution in [0.25, 0.3) is 0 Å². The molecule has 2 aliphatic rings. The number of amides is 1. The molecule has 3 atom stereocenters. The zero-order valence-corrected chi connectivity index (χ0v) is 17.5. The Morgan fingerprint density at radius 1 is 1.23 bits per heavy atom. The molecule has 166 valence electrons. The Bertz CT molecular complexity index is 1030. The molecule has 0 bridgehead atoms. The summed E-state index contributed by atoms with van der Waals surface area (Å²) in [7, 11) is 1.06. The SMILES string of the molecule is COC(=O)[C@]12CO[C@H](C(C)(C)C)N1C(=O)[C@](C)(c1ccc([N+](=O)[O-])cc1[N+](=O)[O-])C2=O. The van der Waals surface area contributed by atoms with Crippen molar-refractivity contribution >= 4 is 29.0 Å².